The van der Waals surface area contributed by atoms with Gasteiger partial charge < -0.3 is 9.67 Å². The van der Waals surface area contributed by atoms with Crippen LogP contribution in [0.25, 0.3) is 10.9 Å². The Kier molecular flexibility index (Phi) is 3.22. The summed E-state index contributed by atoms with van der Waals surface area (Å²) < 4.78 is 16.1. The first-order valence-electron chi connectivity index (χ1n) is 6.62. The molecule has 2 aromatic carbocycles. The number of aryl methyl sites for hydroxylation is 1. The monoisotopic (exact) mass is 283 g/mol. The van der Waals surface area contributed by atoms with Crippen LogP contribution in [0.5, 0.6) is 0 Å². The van der Waals surface area contributed by atoms with E-state index in [-0.39, 0.29) is 5.56 Å². The van der Waals surface area contributed by atoms with Crippen molar-refractivity contribution >= 4 is 16.9 Å². The van der Waals surface area contributed by atoms with Crippen LogP contribution in [-0.4, -0.2) is 15.6 Å². The van der Waals surface area contributed by atoms with Crippen molar-refractivity contribution in [3.63, 3.8) is 0 Å². The molecule has 0 saturated heterocycles. The molecule has 0 aliphatic heterocycles. The van der Waals surface area contributed by atoms with Crippen molar-refractivity contribution < 1.29 is 14.3 Å². The molecule has 0 spiro atoms. The molecule has 3 rings (SSSR count). The third kappa shape index (κ3) is 2.40. The highest BCUT2D eigenvalue weighted by atomic mass is 19.1. The highest BCUT2D eigenvalue weighted by molar-refractivity contribution is 5.88. The van der Waals surface area contributed by atoms with Crippen LogP contribution in [0.2, 0.25) is 0 Å². The topological polar surface area (TPSA) is 42.2 Å². The second-order valence-corrected chi connectivity index (χ2v) is 5.09. The number of nitrogens with zero attached hydrogens (tertiary/aromatic N) is 1. The van der Waals surface area contributed by atoms with Gasteiger partial charge in [0.15, 0.2) is 0 Å². The maximum absolute atomic E-state index is 14.2. The zero-order valence-electron chi connectivity index (χ0n) is 11.5. The molecule has 4 heteroatoms. The third-order valence-electron chi connectivity index (χ3n) is 3.58. The molecular formula is C17H14FNO2. The van der Waals surface area contributed by atoms with Crippen molar-refractivity contribution in [1.82, 2.24) is 4.57 Å². The van der Waals surface area contributed by atoms with Crippen LogP contribution in [-0.2, 0) is 6.54 Å². The Bertz CT molecular complexity index is 836. The van der Waals surface area contributed by atoms with Gasteiger partial charge in [-0.2, -0.15) is 0 Å². The van der Waals surface area contributed by atoms with Crippen LogP contribution in [0.3, 0.4) is 0 Å². The van der Waals surface area contributed by atoms with Crippen LogP contribution in [0.4, 0.5) is 4.39 Å². The van der Waals surface area contributed by atoms with E-state index in [0.717, 1.165) is 16.5 Å². The Morgan fingerprint density at radius 3 is 2.81 bits per heavy atom. The highest BCUT2D eigenvalue weighted by Crippen LogP contribution is 2.21. The van der Waals surface area contributed by atoms with E-state index < -0.39 is 11.8 Å². The van der Waals surface area contributed by atoms with E-state index in [9.17, 15) is 9.18 Å². The molecule has 0 fully saturated rings. The van der Waals surface area contributed by atoms with Crippen molar-refractivity contribution in [2.24, 2.45) is 0 Å². The maximum atomic E-state index is 14.2. The molecule has 0 unspecified atom stereocenters. The fraction of sp³-hybridized carbons (Fsp3) is 0.118. The van der Waals surface area contributed by atoms with Crippen molar-refractivity contribution in [2.75, 3.05) is 0 Å². The number of carbonyl (C=O) groups is 1. The summed E-state index contributed by atoms with van der Waals surface area (Å²) in [5.74, 6) is -1.91. The van der Waals surface area contributed by atoms with Crippen molar-refractivity contribution in [1.29, 1.82) is 0 Å². The second-order valence-electron chi connectivity index (χ2n) is 5.09. The molecule has 0 amide bonds. The predicted molar refractivity (Wildman–Crippen MR) is 79.1 cm³/mol. The van der Waals surface area contributed by atoms with Gasteiger partial charge in [0.1, 0.15) is 5.82 Å². The second kappa shape index (κ2) is 5.05. The van der Waals surface area contributed by atoms with Crippen LogP contribution in [0.15, 0.2) is 48.7 Å². The molecule has 0 saturated carbocycles. The van der Waals surface area contributed by atoms with Crippen LogP contribution in [0.1, 0.15) is 21.5 Å². The van der Waals surface area contributed by atoms with E-state index >= 15 is 0 Å². The Morgan fingerprint density at radius 1 is 1.24 bits per heavy atom. The fourth-order valence-corrected chi connectivity index (χ4v) is 2.48. The number of benzene rings is 2. The van der Waals surface area contributed by atoms with Gasteiger partial charge in [-0.1, -0.05) is 24.3 Å². The minimum Gasteiger partial charge on any atom is -0.478 e. The van der Waals surface area contributed by atoms with Crippen LogP contribution < -0.4 is 0 Å². The maximum Gasteiger partial charge on any atom is 0.338 e. The van der Waals surface area contributed by atoms with Gasteiger partial charge in [-0.3, -0.25) is 0 Å². The van der Waals surface area contributed by atoms with Gasteiger partial charge in [0.2, 0.25) is 0 Å². The zero-order valence-corrected chi connectivity index (χ0v) is 11.5. The van der Waals surface area contributed by atoms with E-state index in [0.29, 0.717) is 12.1 Å². The van der Waals surface area contributed by atoms with Gasteiger partial charge in [0.05, 0.1) is 12.1 Å². The van der Waals surface area contributed by atoms with E-state index in [1.54, 1.807) is 12.1 Å². The number of aromatic carboxylic acids is 1. The number of carboxylic acids is 1. The average Bonchev–Trinajstić information content (AvgIpc) is 2.83. The molecule has 0 radical (unpaired) electrons. The lowest BCUT2D eigenvalue weighted by Crippen LogP contribution is -2.06. The minimum absolute atomic E-state index is 0.292. The number of halogens is 1. The number of hydrogen-bond acceptors (Lipinski definition) is 1. The lowest BCUT2D eigenvalue weighted by Gasteiger charge is -2.09. The molecule has 1 heterocycles. The Balaban J connectivity index is 2.05. The molecule has 0 aliphatic carbocycles. The molecule has 3 aromatic rings. The Hall–Kier alpha value is -2.62. The highest BCUT2D eigenvalue weighted by Gasteiger charge is 2.14. The van der Waals surface area contributed by atoms with Crippen molar-refractivity contribution in [3.05, 3.63) is 71.2 Å². The molecule has 0 bridgehead atoms. The van der Waals surface area contributed by atoms with Crippen molar-refractivity contribution in [3.8, 4) is 0 Å². The average molecular weight is 283 g/mol. The van der Waals surface area contributed by atoms with Gasteiger partial charge in [-0.15, -0.1) is 0 Å². The van der Waals surface area contributed by atoms with E-state index in [4.69, 9.17) is 5.11 Å². The molecule has 106 valence electrons. The molecular weight excluding hydrogens is 269 g/mol. The molecule has 21 heavy (non-hydrogen) atoms. The summed E-state index contributed by atoms with van der Waals surface area (Å²) >= 11 is 0. The summed E-state index contributed by atoms with van der Waals surface area (Å²) in [6, 6.07) is 12.5. The first-order valence-corrected chi connectivity index (χ1v) is 6.62. The summed E-state index contributed by atoms with van der Waals surface area (Å²) in [4.78, 5) is 11.0. The largest absolute Gasteiger partial charge is 0.478 e. The SMILES string of the molecule is Cc1ccc2ccn(Cc3cccc(C(=O)O)c3F)c2c1. The summed E-state index contributed by atoms with van der Waals surface area (Å²) in [7, 11) is 0. The number of rotatable bonds is 3. The number of fused-ring (bicyclic) bond motifs is 1. The number of carboxylic acid groups (broad SMARTS) is 1. The summed E-state index contributed by atoms with van der Waals surface area (Å²) in [5.41, 5.74) is 2.21. The normalized spacial score (nSPS) is 11.0. The molecule has 1 N–H and O–H groups in total. The number of aromatic nitrogens is 1. The van der Waals surface area contributed by atoms with Gasteiger partial charge in [-0.25, -0.2) is 9.18 Å². The summed E-state index contributed by atoms with van der Waals surface area (Å²) in [5, 5.41) is 10.1. The molecule has 0 aliphatic rings. The molecule has 3 nitrogen and oxygen atoms in total. The Morgan fingerprint density at radius 2 is 2.05 bits per heavy atom. The van der Waals surface area contributed by atoms with Gasteiger partial charge in [-0.05, 0) is 36.1 Å². The Labute approximate surface area is 121 Å². The third-order valence-corrected chi connectivity index (χ3v) is 3.58. The summed E-state index contributed by atoms with van der Waals surface area (Å²) in [6.07, 6.45) is 1.89. The van der Waals surface area contributed by atoms with Gasteiger partial charge in [0.25, 0.3) is 0 Å². The fourth-order valence-electron chi connectivity index (χ4n) is 2.48. The van der Waals surface area contributed by atoms with Gasteiger partial charge >= 0.3 is 5.97 Å². The first kappa shape index (κ1) is 13.4. The van der Waals surface area contributed by atoms with E-state index in [1.165, 1.54) is 6.07 Å². The standard InChI is InChI=1S/C17H14FNO2/c1-11-5-6-12-7-8-19(15(12)9-11)10-13-3-2-4-14(16(13)18)17(20)21/h2-9H,10H2,1H3,(H,20,21). The van der Waals surface area contributed by atoms with E-state index in [2.05, 4.69) is 0 Å². The molecule has 0 atom stereocenters. The predicted octanol–water partition coefficient (Wildman–Crippen LogP) is 3.84. The van der Waals surface area contributed by atoms with E-state index in [1.807, 2.05) is 42.0 Å². The van der Waals surface area contributed by atoms with Crippen molar-refractivity contribution in [2.45, 2.75) is 13.5 Å². The zero-order chi connectivity index (χ0) is 15.0. The minimum atomic E-state index is -1.25. The summed E-state index contributed by atoms with van der Waals surface area (Å²) in [6.45, 7) is 2.31. The first-order chi connectivity index (χ1) is 10.1. The van der Waals surface area contributed by atoms with Crippen LogP contribution >= 0.6 is 0 Å². The van der Waals surface area contributed by atoms with Crippen LogP contribution in [0, 0.1) is 12.7 Å². The van der Waals surface area contributed by atoms with Gasteiger partial charge in [0, 0.05) is 17.3 Å². The lowest BCUT2D eigenvalue weighted by molar-refractivity contribution is 0.0691. The lowest BCUT2D eigenvalue weighted by atomic mass is 10.1. The quantitative estimate of drug-likeness (QED) is 0.793. The molecule has 1 aromatic heterocycles. The smallest absolute Gasteiger partial charge is 0.338 e. The number of hydrogen-bond donors (Lipinski definition) is 1.